The van der Waals surface area contributed by atoms with E-state index in [1.807, 2.05) is 25.2 Å². The first kappa shape index (κ1) is 11.7. The van der Waals surface area contributed by atoms with E-state index in [-0.39, 0.29) is 5.97 Å². The largest absolute Gasteiger partial charge is 0.435 e. The van der Waals surface area contributed by atoms with Gasteiger partial charge in [-0.25, -0.2) is 0 Å². The number of hydrogen-bond donors (Lipinski definition) is 0. The van der Waals surface area contributed by atoms with Gasteiger partial charge >= 0.3 is 5.97 Å². The minimum atomic E-state index is -0.293. The lowest BCUT2D eigenvalue weighted by Crippen LogP contribution is -1.88. The number of carbonyl (C=O) groups excluding carboxylic acids is 1. The Morgan fingerprint density at radius 1 is 1.23 bits per heavy atom. The molecule has 0 aliphatic heterocycles. The molecule has 0 amide bonds. The fourth-order valence-corrected chi connectivity index (χ4v) is 0.714. The average molecular weight is 180 g/mol. The summed E-state index contributed by atoms with van der Waals surface area (Å²) < 4.78 is 4.58. The molecule has 2 nitrogen and oxygen atoms in total. The van der Waals surface area contributed by atoms with Crippen LogP contribution in [0.5, 0.6) is 0 Å². The predicted molar refractivity (Wildman–Crippen MR) is 54.1 cm³/mol. The summed E-state index contributed by atoms with van der Waals surface area (Å²) in [5.41, 5.74) is 0. The summed E-state index contributed by atoms with van der Waals surface area (Å²) in [5, 5.41) is 0. The summed E-state index contributed by atoms with van der Waals surface area (Å²) in [6.45, 7) is 3.38. The zero-order valence-electron chi connectivity index (χ0n) is 8.19. The van der Waals surface area contributed by atoms with Crippen LogP contribution in [0, 0.1) is 0 Å². The Hall–Kier alpha value is -1.31. The van der Waals surface area contributed by atoms with E-state index in [4.69, 9.17) is 0 Å². The van der Waals surface area contributed by atoms with Gasteiger partial charge in [0.15, 0.2) is 0 Å². The molecule has 0 aromatic carbocycles. The van der Waals surface area contributed by atoms with Gasteiger partial charge < -0.3 is 4.74 Å². The number of hydrogen-bond acceptors (Lipinski definition) is 2. The predicted octanol–water partition coefficient (Wildman–Crippen LogP) is 2.98. The minimum Gasteiger partial charge on any atom is -0.435 e. The summed E-state index contributed by atoms with van der Waals surface area (Å²) in [6.07, 6.45) is 13.2. The van der Waals surface area contributed by atoms with Crippen LogP contribution in [0.15, 0.2) is 36.6 Å². The third kappa shape index (κ3) is 10.7. The minimum absolute atomic E-state index is 0.293. The average Bonchev–Trinajstić information content (AvgIpc) is 2.09. The van der Waals surface area contributed by atoms with Gasteiger partial charge in [0.25, 0.3) is 0 Å². The molecule has 2 heteroatoms. The number of carbonyl (C=O) groups is 1. The topological polar surface area (TPSA) is 26.3 Å². The molecule has 0 atom stereocenters. The van der Waals surface area contributed by atoms with Gasteiger partial charge in [0.1, 0.15) is 0 Å². The first-order chi connectivity index (χ1) is 6.27. The van der Waals surface area contributed by atoms with Crippen molar-refractivity contribution >= 4 is 5.97 Å². The number of ether oxygens (including phenoxy) is 1. The molecule has 0 aromatic heterocycles. The van der Waals surface area contributed by atoms with E-state index in [0.717, 1.165) is 12.8 Å². The monoisotopic (exact) mass is 180 g/mol. The zero-order chi connectivity index (χ0) is 9.94. The molecule has 0 fully saturated rings. The van der Waals surface area contributed by atoms with Gasteiger partial charge in [-0.15, -0.1) is 0 Å². The van der Waals surface area contributed by atoms with E-state index in [9.17, 15) is 4.79 Å². The van der Waals surface area contributed by atoms with Crippen molar-refractivity contribution in [2.24, 2.45) is 0 Å². The SMILES string of the molecule is CC=CCCC=CC=COC(C)=O. The zero-order valence-corrected chi connectivity index (χ0v) is 8.19. The second kappa shape index (κ2) is 8.78. The van der Waals surface area contributed by atoms with Crippen molar-refractivity contribution in [3.05, 3.63) is 36.6 Å². The van der Waals surface area contributed by atoms with Crippen molar-refractivity contribution in [3.8, 4) is 0 Å². The van der Waals surface area contributed by atoms with Crippen LogP contribution in [-0.4, -0.2) is 5.97 Å². The van der Waals surface area contributed by atoms with Gasteiger partial charge in [0.05, 0.1) is 6.26 Å². The van der Waals surface area contributed by atoms with Crippen LogP contribution in [0.4, 0.5) is 0 Å². The third-order valence-corrected chi connectivity index (χ3v) is 1.30. The highest BCUT2D eigenvalue weighted by Gasteiger charge is 1.81. The van der Waals surface area contributed by atoms with Crippen molar-refractivity contribution < 1.29 is 9.53 Å². The molecule has 13 heavy (non-hydrogen) atoms. The van der Waals surface area contributed by atoms with Gasteiger partial charge in [0.2, 0.25) is 0 Å². The second-order valence-corrected chi connectivity index (χ2v) is 2.51. The Bertz CT molecular complexity index is 212. The summed E-state index contributed by atoms with van der Waals surface area (Å²) >= 11 is 0. The standard InChI is InChI=1S/C11H16O2/c1-3-4-5-6-7-8-9-10-13-11(2)12/h3-4,7-10H,5-6H2,1-2H3. The Kier molecular flexibility index (Phi) is 7.90. The number of allylic oxidation sites excluding steroid dienone is 5. The van der Waals surface area contributed by atoms with Gasteiger partial charge in [-0.2, -0.15) is 0 Å². The molecule has 0 aliphatic rings. The maximum absolute atomic E-state index is 10.3. The van der Waals surface area contributed by atoms with E-state index < -0.39 is 0 Å². The van der Waals surface area contributed by atoms with Crippen LogP contribution in [-0.2, 0) is 9.53 Å². The maximum Gasteiger partial charge on any atom is 0.307 e. The van der Waals surface area contributed by atoms with Crippen LogP contribution < -0.4 is 0 Å². The number of unbranched alkanes of at least 4 members (excludes halogenated alkanes) is 1. The Morgan fingerprint density at radius 2 is 1.92 bits per heavy atom. The van der Waals surface area contributed by atoms with Crippen LogP contribution in [0.1, 0.15) is 26.7 Å². The van der Waals surface area contributed by atoms with Gasteiger partial charge in [-0.05, 0) is 25.8 Å². The van der Waals surface area contributed by atoms with E-state index in [2.05, 4.69) is 10.8 Å². The molecule has 0 rings (SSSR count). The fourth-order valence-electron chi connectivity index (χ4n) is 0.714. The fraction of sp³-hybridized carbons (Fsp3) is 0.364. The normalized spacial score (nSPS) is 11.8. The van der Waals surface area contributed by atoms with Crippen molar-refractivity contribution in [2.45, 2.75) is 26.7 Å². The molecule has 0 aliphatic carbocycles. The summed E-state index contributed by atoms with van der Waals surface area (Å²) in [5.74, 6) is -0.293. The van der Waals surface area contributed by atoms with E-state index >= 15 is 0 Å². The number of rotatable bonds is 5. The Morgan fingerprint density at radius 3 is 2.54 bits per heavy atom. The Labute approximate surface area is 79.6 Å². The van der Waals surface area contributed by atoms with Crippen molar-refractivity contribution in [1.82, 2.24) is 0 Å². The van der Waals surface area contributed by atoms with Crippen LogP contribution in [0.2, 0.25) is 0 Å². The highest BCUT2D eigenvalue weighted by atomic mass is 16.5. The summed E-state index contributed by atoms with van der Waals surface area (Å²) in [4.78, 5) is 10.3. The summed E-state index contributed by atoms with van der Waals surface area (Å²) in [6, 6.07) is 0. The molecule has 0 saturated heterocycles. The molecule has 0 N–H and O–H groups in total. The molecule has 0 saturated carbocycles. The second-order valence-electron chi connectivity index (χ2n) is 2.51. The third-order valence-electron chi connectivity index (χ3n) is 1.30. The first-order valence-electron chi connectivity index (χ1n) is 4.37. The van der Waals surface area contributed by atoms with Crippen molar-refractivity contribution in [1.29, 1.82) is 0 Å². The van der Waals surface area contributed by atoms with Crippen LogP contribution >= 0.6 is 0 Å². The highest BCUT2D eigenvalue weighted by Crippen LogP contribution is 1.92. The molecular weight excluding hydrogens is 164 g/mol. The highest BCUT2D eigenvalue weighted by molar-refractivity contribution is 5.66. The lowest BCUT2D eigenvalue weighted by Gasteiger charge is -1.87. The molecule has 0 aromatic rings. The van der Waals surface area contributed by atoms with Crippen molar-refractivity contribution in [3.63, 3.8) is 0 Å². The molecular formula is C11H16O2. The van der Waals surface area contributed by atoms with E-state index in [0.29, 0.717) is 0 Å². The molecule has 0 heterocycles. The molecule has 0 spiro atoms. The smallest absolute Gasteiger partial charge is 0.307 e. The maximum atomic E-state index is 10.3. The quantitative estimate of drug-likeness (QED) is 0.214. The van der Waals surface area contributed by atoms with Crippen LogP contribution in [0.3, 0.4) is 0 Å². The van der Waals surface area contributed by atoms with E-state index in [1.165, 1.54) is 13.2 Å². The molecule has 72 valence electrons. The van der Waals surface area contributed by atoms with Gasteiger partial charge in [0, 0.05) is 6.92 Å². The molecule has 0 unspecified atom stereocenters. The molecule has 0 bridgehead atoms. The Balaban J connectivity index is 3.40. The van der Waals surface area contributed by atoms with Gasteiger partial charge in [-0.3, -0.25) is 4.79 Å². The van der Waals surface area contributed by atoms with Crippen LogP contribution in [0.25, 0.3) is 0 Å². The molecule has 0 radical (unpaired) electrons. The summed E-state index contributed by atoms with van der Waals surface area (Å²) in [7, 11) is 0. The first-order valence-corrected chi connectivity index (χ1v) is 4.37. The van der Waals surface area contributed by atoms with E-state index in [1.54, 1.807) is 6.08 Å². The lowest BCUT2D eigenvalue weighted by atomic mass is 10.3. The number of esters is 1. The van der Waals surface area contributed by atoms with Crippen molar-refractivity contribution in [2.75, 3.05) is 0 Å². The lowest BCUT2D eigenvalue weighted by molar-refractivity contribution is -0.135. The van der Waals surface area contributed by atoms with Gasteiger partial charge in [-0.1, -0.05) is 24.3 Å².